The molecule has 3 aliphatic rings. The van der Waals surface area contributed by atoms with Crippen LogP contribution in [0.3, 0.4) is 0 Å². The van der Waals surface area contributed by atoms with Gasteiger partial charge >= 0.3 is 0 Å². The lowest BCUT2D eigenvalue weighted by molar-refractivity contribution is -0.125. The summed E-state index contributed by atoms with van der Waals surface area (Å²) in [5, 5.41) is 7.52. The third kappa shape index (κ3) is 8.88. The lowest BCUT2D eigenvalue weighted by atomic mass is 9.92. The van der Waals surface area contributed by atoms with Gasteiger partial charge in [0.05, 0.1) is 24.9 Å². The van der Waals surface area contributed by atoms with E-state index in [1.807, 2.05) is 25.1 Å². The zero-order chi connectivity index (χ0) is 30.9. The predicted molar refractivity (Wildman–Crippen MR) is 175 cm³/mol. The summed E-state index contributed by atoms with van der Waals surface area (Å²) in [5.41, 5.74) is 2.77. The first-order valence-electron chi connectivity index (χ1n) is 16.4. The normalized spacial score (nSPS) is 24.8. The van der Waals surface area contributed by atoms with Gasteiger partial charge in [0.2, 0.25) is 5.91 Å². The van der Waals surface area contributed by atoms with Crippen molar-refractivity contribution in [3.05, 3.63) is 58.6 Å². The zero-order valence-corrected chi connectivity index (χ0v) is 27.4. The molecule has 2 fully saturated rings. The largest absolute Gasteiger partial charge is 0.479 e. The Morgan fingerprint density at radius 3 is 2.77 bits per heavy atom. The SMILES string of the molecule is COCCCN1CC(C)(c2cccc(Cl)c2)Oc2ccc(CO[C@@H]3CCC(C[C@@H](C)C(=O)NCC4CCOCC4)NC3)cc21. The number of anilines is 1. The predicted octanol–water partition coefficient (Wildman–Crippen LogP) is 5.70. The molecule has 0 saturated carbocycles. The van der Waals surface area contributed by atoms with E-state index in [2.05, 4.69) is 46.7 Å². The molecule has 3 heterocycles. The van der Waals surface area contributed by atoms with E-state index in [4.69, 9.17) is 30.5 Å². The Kier molecular flexibility index (Phi) is 11.8. The number of fused-ring (bicyclic) bond motifs is 1. The van der Waals surface area contributed by atoms with Gasteiger partial charge in [-0.25, -0.2) is 0 Å². The number of hydrogen-bond donors (Lipinski definition) is 2. The Hall–Kier alpha value is -2.36. The molecule has 0 bridgehead atoms. The smallest absolute Gasteiger partial charge is 0.222 e. The highest BCUT2D eigenvalue weighted by Crippen LogP contribution is 2.42. The van der Waals surface area contributed by atoms with Gasteiger partial charge in [-0.15, -0.1) is 0 Å². The monoisotopic (exact) mass is 627 g/mol. The van der Waals surface area contributed by atoms with Crippen molar-refractivity contribution in [2.75, 3.05) is 58.0 Å². The number of methoxy groups -OCH3 is 1. The van der Waals surface area contributed by atoms with Crippen LogP contribution in [-0.4, -0.2) is 71.2 Å². The second-order valence-electron chi connectivity index (χ2n) is 13.0. The fourth-order valence-corrected chi connectivity index (χ4v) is 6.82. The van der Waals surface area contributed by atoms with Crippen molar-refractivity contribution in [3.8, 4) is 5.75 Å². The molecule has 8 nitrogen and oxygen atoms in total. The Morgan fingerprint density at radius 1 is 1.18 bits per heavy atom. The number of nitrogens with zero attached hydrogens (tertiary/aromatic N) is 1. The van der Waals surface area contributed by atoms with E-state index in [-0.39, 0.29) is 17.9 Å². The lowest BCUT2D eigenvalue weighted by Gasteiger charge is -2.43. The molecule has 2 aromatic carbocycles. The van der Waals surface area contributed by atoms with Gasteiger partial charge < -0.3 is 34.5 Å². The minimum atomic E-state index is -0.518. The van der Waals surface area contributed by atoms with Crippen molar-refractivity contribution in [1.82, 2.24) is 10.6 Å². The van der Waals surface area contributed by atoms with Crippen LogP contribution in [0.1, 0.15) is 63.5 Å². The van der Waals surface area contributed by atoms with Crippen LogP contribution < -0.4 is 20.3 Å². The first kappa shape index (κ1) is 33.0. The molecule has 44 heavy (non-hydrogen) atoms. The second-order valence-corrected chi connectivity index (χ2v) is 13.4. The van der Waals surface area contributed by atoms with Crippen LogP contribution in [0, 0.1) is 11.8 Å². The van der Waals surface area contributed by atoms with Gasteiger partial charge in [-0.3, -0.25) is 4.79 Å². The van der Waals surface area contributed by atoms with Gasteiger partial charge in [0, 0.05) is 63.5 Å². The van der Waals surface area contributed by atoms with Gasteiger partial charge in [0.25, 0.3) is 0 Å². The molecule has 3 aliphatic heterocycles. The van der Waals surface area contributed by atoms with E-state index in [0.717, 1.165) is 93.9 Å². The van der Waals surface area contributed by atoms with Crippen LogP contribution in [0.4, 0.5) is 5.69 Å². The van der Waals surface area contributed by atoms with E-state index < -0.39 is 5.60 Å². The molecule has 2 saturated heterocycles. The molecule has 2 unspecified atom stereocenters. The standard InChI is InChI=1S/C35H50ClN3O5/c1-25(34(40)38-21-26-12-16-42-17-13-26)18-30-9-10-31(22-37-30)43-23-27-8-11-33-32(19-27)39(14-5-15-41-3)24-35(2,44-33)28-6-4-7-29(36)20-28/h4,6-8,11,19-20,25-26,30-31,37H,5,9-10,12-18,21-24H2,1-3H3,(H,38,40)/t25-,30?,31-,35?/m1/s1. The first-order valence-corrected chi connectivity index (χ1v) is 16.7. The fraction of sp³-hybridized carbons (Fsp3) is 0.629. The van der Waals surface area contributed by atoms with E-state index in [1.165, 1.54) is 0 Å². The molecule has 0 spiro atoms. The molecule has 0 radical (unpaired) electrons. The molecule has 2 N–H and O–H groups in total. The molecular formula is C35H50ClN3O5. The van der Waals surface area contributed by atoms with E-state index in [9.17, 15) is 4.79 Å². The number of halogens is 1. The molecule has 5 rings (SSSR count). The average Bonchev–Trinajstić information content (AvgIpc) is 3.04. The van der Waals surface area contributed by atoms with Gasteiger partial charge in [-0.1, -0.05) is 36.7 Å². The summed E-state index contributed by atoms with van der Waals surface area (Å²) in [6, 6.07) is 14.7. The van der Waals surface area contributed by atoms with Crippen LogP contribution in [0.25, 0.3) is 0 Å². The summed E-state index contributed by atoms with van der Waals surface area (Å²) in [5.74, 6) is 1.57. The topological polar surface area (TPSA) is 81.3 Å². The van der Waals surface area contributed by atoms with Crippen molar-refractivity contribution in [3.63, 3.8) is 0 Å². The first-order chi connectivity index (χ1) is 21.3. The highest BCUT2D eigenvalue weighted by atomic mass is 35.5. The van der Waals surface area contributed by atoms with E-state index in [0.29, 0.717) is 36.7 Å². The fourth-order valence-electron chi connectivity index (χ4n) is 6.63. The third-order valence-corrected chi connectivity index (χ3v) is 9.59. The van der Waals surface area contributed by atoms with Gasteiger partial charge in [-0.2, -0.15) is 0 Å². The molecule has 2 aromatic rings. The second kappa shape index (κ2) is 15.8. The quantitative estimate of drug-likeness (QED) is 0.276. The lowest BCUT2D eigenvalue weighted by Crippen LogP contribution is -2.47. The van der Waals surface area contributed by atoms with Crippen molar-refractivity contribution in [2.45, 2.75) is 76.7 Å². The molecule has 242 valence electrons. The summed E-state index contributed by atoms with van der Waals surface area (Å²) >= 11 is 6.34. The molecule has 9 heteroatoms. The van der Waals surface area contributed by atoms with Crippen LogP contribution >= 0.6 is 11.6 Å². The van der Waals surface area contributed by atoms with Crippen molar-refractivity contribution in [2.24, 2.45) is 11.8 Å². The number of benzene rings is 2. The van der Waals surface area contributed by atoms with E-state index >= 15 is 0 Å². The van der Waals surface area contributed by atoms with Crippen LogP contribution in [0.5, 0.6) is 5.75 Å². The van der Waals surface area contributed by atoms with Crippen LogP contribution in [-0.2, 0) is 31.2 Å². The minimum absolute atomic E-state index is 0.00454. The van der Waals surface area contributed by atoms with Crippen LogP contribution in [0.15, 0.2) is 42.5 Å². The average molecular weight is 628 g/mol. The van der Waals surface area contributed by atoms with Crippen molar-refractivity contribution in [1.29, 1.82) is 0 Å². The summed E-state index contributed by atoms with van der Waals surface area (Å²) in [6.45, 7) is 10.2. The highest BCUT2D eigenvalue weighted by Gasteiger charge is 2.37. The molecule has 0 aromatic heterocycles. The summed E-state index contributed by atoms with van der Waals surface area (Å²) < 4.78 is 23.8. The van der Waals surface area contributed by atoms with Gasteiger partial charge in [0.1, 0.15) is 11.4 Å². The Balaban J connectivity index is 1.11. The molecule has 4 atom stereocenters. The number of ether oxygens (including phenoxy) is 4. The van der Waals surface area contributed by atoms with E-state index in [1.54, 1.807) is 7.11 Å². The Labute approximate surface area is 268 Å². The third-order valence-electron chi connectivity index (χ3n) is 9.35. The molecule has 0 aliphatic carbocycles. The number of rotatable bonds is 13. The molecule has 1 amide bonds. The summed E-state index contributed by atoms with van der Waals surface area (Å²) in [7, 11) is 1.74. The number of carbonyl (C=O) groups excluding carboxylic acids is 1. The summed E-state index contributed by atoms with van der Waals surface area (Å²) in [6.07, 6.45) is 6.00. The number of amides is 1. The van der Waals surface area contributed by atoms with Gasteiger partial charge in [0.15, 0.2) is 0 Å². The van der Waals surface area contributed by atoms with Gasteiger partial charge in [-0.05, 0) is 86.8 Å². The Morgan fingerprint density at radius 2 is 2.02 bits per heavy atom. The zero-order valence-electron chi connectivity index (χ0n) is 26.6. The molecular weight excluding hydrogens is 578 g/mol. The number of piperidine rings is 1. The maximum absolute atomic E-state index is 12.7. The van der Waals surface area contributed by atoms with Crippen molar-refractivity contribution >= 4 is 23.2 Å². The Bertz CT molecular complexity index is 1220. The number of hydrogen-bond acceptors (Lipinski definition) is 7. The number of carbonyl (C=O) groups is 1. The highest BCUT2D eigenvalue weighted by molar-refractivity contribution is 6.30. The number of nitrogens with one attached hydrogen (secondary N) is 2. The summed E-state index contributed by atoms with van der Waals surface area (Å²) in [4.78, 5) is 15.1. The van der Waals surface area contributed by atoms with Crippen molar-refractivity contribution < 1.29 is 23.7 Å². The maximum atomic E-state index is 12.7. The minimum Gasteiger partial charge on any atom is -0.479 e. The maximum Gasteiger partial charge on any atom is 0.222 e. The van der Waals surface area contributed by atoms with Crippen LogP contribution in [0.2, 0.25) is 5.02 Å².